The number of aromatic nitrogens is 4. The standard InChI is InChI=1S/C27H21Cl2N5OS2/c1-17(18-8-3-2-4-9-18)30-26(35)23-15-36-24(31-23)16-37-27-33-32-25(21-12-5-6-13-22(21)29)34(27)20-11-7-10-19(28)14-20/h2-15,17H,16H2,1H3,(H,30,35). The van der Waals surface area contributed by atoms with Crippen LogP contribution in [0, 0.1) is 0 Å². The van der Waals surface area contributed by atoms with E-state index in [0.717, 1.165) is 21.8 Å². The van der Waals surface area contributed by atoms with E-state index < -0.39 is 0 Å². The monoisotopic (exact) mass is 565 g/mol. The van der Waals surface area contributed by atoms with E-state index in [2.05, 4.69) is 20.5 Å². The predicted molar refractivity (Wildman–Crippen MR) is 151 cm³/mol. The van der Waals surface area contributed by atoms with Crippen molar-refractivity contribution in [2.45, 2.75) is 23.9 Å². The topological polar surface area (TPSA) is 72.7 Å². The average Bonchev–Trinajstić information content (AvgIpc) is 3.56. The number of thioether (sulfide) groups is 1. The van der Waals surface area contributed by atoms with Crippen molar-refractivity contribution in [3.05, 3.63) is 111 Å². The molecular formula is C27H21Cl2N5OS2. The van der Waals surface area contributed by atoms with Gasteiger partial charge in [0.1, 0.15) is 10.7 Å². The first kappa shape index (κ1) is 25.5. The van der Waals surface area contributed by atoms with Crippen LogP contribution < -0.4 is 5.32 Å². The van der Waals surface area contributed by atoms with Gasteiger partial charge < -0.3 is 5.32 Å². The highest BCUT2D eigenvalue weighted by molar-refractivity contribution is 7.98. The molecule has 6 nitrogen and oxygen atoms in total. The molecule has 1 atom stereocenters. The van der Waals surface area contributed by atoms with Gasteiger partial charge in [0.15, 0.2) is 11.0 Å². The first-order chi connectivity index (χ1) is 18.0. The zero-order valence-corrected chi connectivity index (χ0v) is 22.8. The van der Waals surface area contributed by atoms with Crippen molar-refractivity contribution in [1.29, 1.82) is 0 Å². The van der Waals surface area contributed by atoms with Crippen molar-refractivity contribution < 1.29 is 4.79 Å². The highest BCUT2D eigenvalue weighted by Gasteiger charge is 2.20. The van der Waals surface area contributed by atoms with Crippen LogP contribution in [0.2, 0.25) is 10.0 Å². The molecule has 0 spiro atoms. The largest absolute Gasteiger partial charge is 0.344 e. The van der Waals surface area contributed by atoms with Gasteiger partial charge >= 0.3 is 0 Å². The lowest BCUT2D eigenvalue weighted by Gasteiger charge is -2.13. The van der Waals surface area contributed by atoms with Crippen LogP contribution in [0.3, 0.4) is 0 Å². The Kier molecular flexibility index (Phi) is 7.90. The zero-order chi connectivity index (χ0) is 25.8. The van der Waals surface area contributed by atoms with E-state index in [-0.39, 0.29) is 11.9 Å². The molecule has 37 heavy (non-hydrogen) atoms. The second-order valence-electron chi connectivity index (χ2n) is 8.12. The highest BCUT2D eigenvalue weighted by Crippen LogP contribution is 2.34. The fourth-order valence-corrected chi connectivity index (χ4v) is 5.88. The van der Waals surface area contributed by atoms with Gasteiger partial charge in [-0.3, -0.25) is 9.36 Å². The SMILES string of the molecule is CC(NC(=O)c1csc(CSc2nnc(-c3ccccc3Cl)n2-c2cccc(Cl)c2)n1)c1ccccc1. The maximum atomic E-state index is 12.8. The summed E-state index contributed by atoms with van der Waals surface area (Å²) >= 11 is 15.7. The minimum atomic E-state index is -0.202. The van der Waals surface area contributed by atoms with E-state index in [1.807, 2.05) is 90.4 Å². The summed E-state index contributed by atoms with van der Waals surface area (Å²) in [5, 5.41) is 16.3. The Morgan fingerprint density at radius 1 is 1.03 bits per heavy atom. The minimum Gasteiger partial charge on any atom is -0.344 e. The molecule has 3 aromatic carbocycles. The number of hydrogen-bond donors (Lipinski definition) is 1. The van der Waals surface area contributed by atoms with Gasteiger partial charge in [0.2, 0.25) is 0 Å². The van der Waals surface area contributed by atoms with Crippen molar-refractivity contribution >= 4 is 52.2 Å². The molecule has 2 heterocycles. The summed E-state index contributed by atoms with van der Waals surface area (Å²) in [6, 6.07) is 24.7. The first-order valence-electron chi connectivity index (χ1n) is 11.4. The van der Waals surface area contributed by atoms with E-state index in [4.69, 9.17) is 23.2 Å². The van der Waals surface area contributed by atoms with E-state index >= 15 is 0 Å². The molecule has 5 rings (SSSR count). The molecule has 1 N–H and O–H groups in total. The van der Waals surface area contributed by atoms with Crippen molar-refractivity contribution in [3.8, 4) is 17.1 Å². The summed E-state index contributed by atoms with van der Waals surface area (Å²) in [6.45, 7) is 1.95. The number of thiazole rings is 1. The van der Waals surface area contributed by atoms with Crippen LogP contribution in [-0.4, -0.2) is 25.7 Å². The molecule has 10 heteroatoms. The summed E-state index contributed by atoms with van der Waals surface area (Å²) in [5.41, 5.74) is 3.03. The van der Waals surface area contributed by atoms with Crippen molar-refractivity contribution in [1.82, 2.24) is 25.1 Å². The zero-order valence-electron chi connectivity index (χ0n) is 19.6. The molecule has 0 bridgehead atoms. The van der Waals surface area contributed by atoms with Crippen molar-refractivity contribution in [2.24, 2.45) is 0 Å². The van der Waals surface area contributed by atoms with Gasteiger partial charge in [0.25, 0.3) is 5.91 Å². The van der Waals surface area contributed by atoms with Gasteiger partial charge in [-0.05, 0) is 42.8 Å². The Hall–Kier alpha value is -3.17. The van der Waals surface area contributed by atoms with Crippen molar-refractivity contribution in [2.75, 3.05) is 0 Å². The molecule has 0 aliphatic carbocycles. The third-order valence-corrected chi connectivity index (χ3v) is 8.11. The van der Waals surface area contributed by atoms with Crippen LogP contribution in [-0.2, 0) is 5.75 Å². The molecule has 0 aliphatic rings. The maximum Gasteiger partial charge on any atom is 0.271 e. The fraction of sp³-hybridized carbons (Fsp3) is 0.111. The van der Waals surface area contributed by atoms with Gasteiger partial charge in [-0.25, -0.2) is 4.98 Å². The summed E-state index contributed by atoms with van der Waals surface area (Å²) in [7, 11) is 0. The molecule has 5 aromatic rings. The van der Waals surface area contributed by atoms with Crippen LogP contribution in [0.15, 0.2) is 89.4 Å². The maximum absolute atomic E-state index is 12.8. The predicted octanol–water partition coefficient (Wildman–Crippen LogP) is 7.48. The molecule has 0 aliphatic heterocycles. The Balaban J connectivity index is 1.35. The van der Waals surface area contributed by atoms with E-state index in [9.17, 15) is 4.79 Å². The van der Waals surface area contributed by atoms with Crippen molar-refractivity contribution in [3.63, 3.8) is 0 Å². The number of carbonyl (C=O) groups is 1. The first-order valence-corrected chi connectivity index (χ1v) is 14.0. The second-order valence-corrected chi connectivity index (χ2v) is 10.9. The number of carbonyl (C=O) groups excluding carboxylic acids is 1. The van der Waals surface area contributed by atoms with E-state index in [1.54, 1.807) is 5.38 Å². The number of halogens is 2. The number of benzene rings is 3. The summed E-state index contributed by atoms with van der Waals surface area (Å²) in [4.78, 5) is 17.3. The lowest BCUT2D eigenvalue weighted by molar-refractivity contribution is 0.0935. The highest BCUT2D eigenvalue weighted by atomic mass is 35.5. The number of amides is 1. The third kappa shape index (κ3) is 5.88. The molecule has 0 saturated heterocycles. The number of hydrogen-bond acceptors (Lipinski definition) is 6. The van der Waals surface area contributed by atoms with Gasteiger partial charge in [0, 0.05) is 16.0 Å². The van der Waals surface area contributed by atoms with Crippen LogP contribution in [0.5, 0.6) is 0 Å². The number of nitrogens with zero attached hydrogens (tertiary/aromatic N) is 4. The quantitative estimate of drug-likeness (QED) is 0.197. The Labute approximate surface area is 232 Å². The summed E-state index contributed by atoms with van der Waals surface area (Å²) in [6.07, 6.45) is 0. The molecule has 186 valence electrons. The molecule has 1 amide bonds. The Morgan fingerprint density at radius 3 is 2.59 bits per heavy atom. The van der Waals surface area contributed by atoms with Gasteiger partial charge in [-0.2, -0.15) is 0 Å². The van der Waals surface area contributed by atoms with Gasteiger partial charge in [0.05, 0.1) is 22.5 Å². The lowest BCUT2D eigenvalue weighted by Crippen LogP contribution is -2.26. The average molecular weight is 567 g/mol. The molecule has 1 unspecified atom stereocenters. The lowest BCUT2D eigenvalue weighted by atomic mass is 10.1. The van der Waals surface area contributed by atoms with Crippen LogP contribution in [0.25, 0.3) is 17.1 Å². The van der Waals surface area contributed by atoms with Gasteiger partial charge in [-0.15, -0.1) is 21.5 Å². The van der Waals surface area contributed by atoms with Crippen LogP contribution in [0.4, 0.5) is 0 Å². The Morgan fingerprint density at radius 2 is 1.81 bits per heavy atom. The molecule has 0 saturated carbocycles. The molecule has 0 fully saturated rings. The second kappa shape index (κ2) is 11.5. The van der Waals surface area contributed by atoms with Crippen LogP contribution in [0.1, 0.15) is 34.0 Å². The number of rotatable bonds is 8. The summed E-state index contributed by atoms with van der Waals surface area (Å²) < 4.78 is 1.93. The van der Waals surface area contributed by atoms with Crippen LogP contribution >= 0.6 is 46.3 Å². The van der Waals surface area contributed by atoms with E-state index in [0.29, 0.717) is 32.5 Å². The smallest absolute Gasteiger partial charge is 0.271 e. The molecule has 2 aromatic heterocycles. The van der Waals surface area contributed by atoms with E-state index in [1.165, 1.54) is 23.1 Å². The molecule has 0 radical (unpaired) electrons. The Bertz CT molecular complexity index is 1540. The van der Waals surface area contributed by atoms with Gasteiger partial charge in [-0.1, -0.05) is 83.5 Å². The fourth-order valence-electron chi connectivity index (χ4n) is 3.73. The summed E-state index contributed by atoms with van der Waals surface area (Å²) in [5.74, 6) is 0.935. The molecular weight excluding hydrogens is 545 g/mol. The normalized spacial score (nSPS) is 11.9. The number of nitrogens with one attached hydrogen (secondary N) is 1. The minimum absolute atomic E-state index is 0.118. The third-order valence-electron chi connectivity index (χ3n) is 5.57.